The molecule has 0 amide bonds. The molecule has 2 rings (SSSR count). The van der Waals surface area contributed by atoms with E-state index < -0.39 is 0 Å². The van der Waals surface area contributed by atoms with Crippen molar-refractivity contribution in [3.8, 4) is 0 Å². The van der Waals surface area contributed by atoms with Gasteiger partial charge in [-0.05, 0) is 22.9 Å². The van der Waals surface area contributed by atoms with Crippen molar-refractivity contribution in [2.45, 2.75) is 6.92 Å². The first-order chi connectivity index (χ1) is 5.27. The molecule has 0 fully saturated rings. The van der Waals surface area contributed by atoms with Crippen LogP contribution in [0.25, 0.3) is 11.0 Å². The van der Waals surface area contributed by atoms with E-state index in [2.05, 4.69) is 30.9 Å². The molecule has 12 heavy (non-hydrogen) atoms. The van der Waals surface area contributed by atoms with Crippen molar-refractivity contribution in [2.75, 3.05) is 0 Å². The number of hydrogen-bond acceptors (Lipinski definition) is 2. The topological polar surface area (TPSA) is 41.6 Å². The Bertz CT molecular complexity index is 398. The van der Waals surface area contributed by atoms with Gasteiger partial charge in [0, 0.05) is 6.20 Å². The number of fused-ring (bicyclic) bond motifs is 1. The molecule has 0 spiro atoms. The van der Waals surface area contributed by atoms with Crippen LogP contribution in [-0.4, -0.2) is 15.0 Å². The molecule has 2 aromatic rings. The number of rotatable bonds is 0. The normalized spacial score (nSPS) is 9.83. The van der Waals surface area contributed by atoms with Gasteiger partial charge in [-0.25, -0.2) is 4.98 Å². The van der Waals surface area contributed by atoms with E-state index in [0.717, 1.165) is 21.3 Å². The SMILES string of the molecule is Cc1nc2c(Br)cncc2[nH]1.Cl. The molecule has 0 saturated carbocycles. The van der Waals surface area contributed by atoms with Crippen molar-refractivity contribution >= 4 is 39.4 Å². The lowest BCUT2D eigenvalue weighted by molar-refractivity contribution is 1.17. The number of H-pyrrole nitrogens is 1. The zero-order chi connectivity index (χ0) is 7.84. The molecule has 0 radical (unpaired) electrons. The largest absolute Gasteiger partial charge is 0.341 e. The molecule has 0 bridgehead atoms. The molecule has 0 aliphatic heterocycles. The van der Waals surface area contributed by atoms with Gasteiger partial charge in [0.2, 0.25) is 0 Å². The summed E-state index contributed by atoms with van der Waals surface area (Å²) in [7, 11) is 0. The molecule has 1 N–H and O–H groups in total. The van der Waals surface area contributed by atoms with Gasteiger partial charge in [0.25, 0.3) is 0 Å². The van der Waals surface area contributed by atoms with Crippen LogP contribution < -0.4 is 0 Å². The minimum atomic E-state index is 0. The fourth-order valence-electron chi connectivity index (χ4n) is 1.02. The van der Waals surface area contributed by atoms with Crippen molar-refractivity contribution in [3.63, 3.8) is 0 Å². The van der Waals surface area contributed by atoms with Crippen LogP contribution in [0.5, 0.6) is 0 Å². The Kier molecular flexibility index (Phi) is 2.69. The molecule has 0 saturated heterocycles. The molecular weight excluding hydrogens is 241 g/mol. The van der Waals surface area contributed by atoms with Gasteiger partial charge in [0.1, 0.15) is 11.3 Å². The van der Waals surface area contributed by atoms with Crippen LogP contribution in [0, 0.1) is 6.92 Å². The molecule has 0 aromatic carbocycles. The highest BCUT2D eigenvalue weighted by Gasteiger charge is 2.01. The first kappa shape index (κ1) is 9.48. The number of aromatic amines is 1. The fourth-order valence-corrected chi connectivity index (χ4v) is 1.44. The van der Waals surface area contributed by atoms with E-state index in [-0.39, 0.29) is 12.4 Å². The monoisotopic (exact) mass is 247 g/mol. The maximum absolute atomic E-state index is 4.27. The summed E-state index contributed by atoms with van der Waals surface area (Å²) in [5.41, 5.74) is 1.91. The molecule has 3 nitrogen and oxygen atoms in total. The molecule has 5 heteroatoms. The Labute approximate surface area is 84.1 Å². The third kappa shape index (κ3) is 1.44. The predicted octanol–water partition coefficient (Wildman–Crippen LogP) is 2.45. The van der Waals surface area contributed by atoms with E-state index in [4.69, 9.17) is 0 Å². The number of nitrogens with zero attached hydrogens (tertiary/aromatic N) is 2. The van der Waals surface area contributed by atoms with Gasteiger partial charge in [0.15, 0.2) is 0 Å². The Balaban J connectivity index is 0.000000720. The van der Waals surface area contributed by atoms with E-state index in [0.29, 0.717) is 0 Å². The molecule has 0 aliphatic rings. The summed E-state index contributed by atoms with van der Waals surface area (Å²) < 4.78 is 0.930. The number of hydrogen-bond donors (Lipinski definition) is 1. The summed E-state index contributed by atoms with van der Waals surface area (Å²) in [5.74, 6) is 0.911. The third-order valence-corrected chi connectivity index (χ3v) is 2.05. The van der Waals surface area contributed by atoms with Crippen molar-refractivity contribution in [1.82, 2.24) is 15.0 Å². The summed E-state index contributed by atoms with van der Waals surface area (Å²) in [6.07, 6.45) is 3.50. The zero-order valence-corrected chi connectivity index (χ0v) is 8.74. The highest BCUT2D eigenvalue weighted by atomic mass is 79.9. The van der Waals surface area contributed by atoms with E-state index in [1.807, 2.05) is 6.92 Å². The van der Waals surface area contributed by atoms with Gasteiger partial charge in [-0.1, -0.05) is 0 Å². The summed E-state index contributed by atoms with van der Waals surface area (Å²) in [6, 6.07) is 0. The van der Waals surface area contributed by atoms with Crippen molar-refractivity contribution < 1.29 is 0 Å². The average Bonchev–Trinajstić information content (AvgIpc) is 2.31. The van der Waals surface area contributed by atoms with Gasteiger partial charge in [-0.15, -0.1) is 12.4 Å². The maximum Gasteiger partial charge on any atom is 0.106 e. The van der Waals surface area contributed by atoms with Crippen LogP contribution in [0.1, 0.15) is 5.82 Å². The lowest BCUT2D eigenvalue weighted by atomic mass is 10.4. The van der Waals surface area contributed by atoms with E-state index in [9.17, 15) is 0 Å². The summed E-state index contributed by atoms with van der Waals surface area (Å²) in [4.78, 5) is 11.4. The fraction of sp³-hybridized carbons (Fsp3) is 0.143. The lowest BCUT2D eigenvalue weighted by Gasteiger charge is -1.87. The molecule has 0 aliphatic carbocycles. The molecular formula is C7H7BrClN3. The summed E-state index contributed by atoms with van der Waals surface area (Å²) >= 11 is 3.37. The Morgan fingerprint density at radius 2 is 2.17 bits per heavy atom. The lowest BCUT2D eigenvalue weighted by Crippen LogP contribution is -1.74. The summed E-state index contributed by atoms with van der Waals surface area (Å²) in [5, 5.41) is 0. The third-order valence-electron chi connectivity index (χ3n) is 1.47. The van der Waals surface area contributed by atoms with Gasteiger partial charge < -0.3 is 4.98 Å². The number of pyridine rings is 1. The first-order valence-corrected chi connectivity index (χ1v) is 4.02. The number of halogens is 2. The van der Waals surface area contributed by atoms with Crippen LogP contribution in [0.15, 0.2) is 16.9 Å². The maximum atomic E-state index is 4.27. The van der Waals surface area contributed by atoms with Gasteiger partial charge in [-0.2, -0.15) is 0 Å². The van der Waals surface area contributed by atoms with E-state index in [1.165, 1.54) is 0 Å². The van der Waals surface area contributed by atoms with Crippen LogP contribution in [-0.2, 0) is 0 Å². The van der Waals surface area contributed by atoms with Crippen molar-refractivity contribution in [1.29, 1.82) is 0 Å². The highest BCUT2D eigenvalue weighted by Crippen LogP contribution is 2.19. The standard InChI is InChI=1S/C7H6BrN3.ClH/c1-4-10-6-3-9-2-5(8)7(6)11-4;/h2-3H,1H3,(H,10,11);1H. The van der Waals surface area contributed by atoms with Crippen molar-refractivity contribution in [2.24, 2.45) is 0 Å². The Morgan fingerprint density at radius 1 is 1.42 bits per heavy atom. The minimum Gasteiger partial charge on any atom is -0.341 e. The van der Waals surface area contributed by atoms with Gasteiger partial charge in [-0.3, -0.25) is 4.98 Å². The molecule has 2 aromatic heterocycles. The zero-order valence-electron chi connectivity index (χ0n) is 6.34. The predicted molar refractivity (Wildman–Crippen MR) is 53.6 cm³/mol. The molecule has 64 valence electrons. The number of nitrogens with one attached hydrogen (secondary N) is 1. The van der Waals surface area contributed by atoms with Gasteiger partial charge >= 0.3 is 0 Å². The van der Waals surface area contributed by atoms with Crippen LogP contribution >= 0.6 is 28.3 Å². The second kappa shape index (κ2) is 3.41. The smallest absolute Gasteiger partial charge is 0.106 e. The van der Waals surface area contributed by atoms with Crippen molar-refractivity contribution in [3.05, 3.63) is 22.7 Å². The number of aryl methyl sites for hydroxylation is 1. The van der Waals surface area contributed by atoms with Gasteiger partial charge in [0.05, 0.1) is 16.2 Å². The number of aromatic nitrogens is 3. The Hall–Kier alpha value is -0.610. The first-order valence-electron chi connectivity index (χ1n) is 3.23. The minimum absolute atomic E-state index is 0. The van der Waals surface area contributed by atoms with E-state index >= 15 is 0 Å². The number of imidazole rings is 1. The average molecular weight is 249 g/mol. The van der Waals surface area contributed by atoms with Crippen LogP contribution in [0.4, 0.5) is 0 Å². The van der Waals surface area contributed by atoms with Crippen LogP contribution in [0.2, 0.25) is 0 Å². The summed E-state index contributed by atoms with van der Waals surface area (Å²) in [6.45, 7) is 1.92. The quantitative estimate of drug-likeness (QED) is 0.778. The van der Waals surface area contributed by atoms with Crippen LogP contribution in [0.3, 0.4) is 0 Å². The van der Waals surface area contributed by atoms with E-state index in [1.54, 1.807) is 12.4 Å². The second-order valence-corrected chi connectivity index (χ2v) is 3.19. The highest BCUT2D eigenvalue weighted by molar-refractivity contribution is 9.10. The molecule has 2 heterocycles. The molecule has 0 unspecified atom stereocenters. The second-order valence-electron chi connectivity index (χ2n) is 2.34. The molecule has 0 atom stereocenters. The Morgan fingerprint density at radius 3 is 2.83 bits per heavy atom.